The van der Waals surface area contributed by atoms with Crippen molar-refractivity contribution >= 4 is 11.8 Å². The normalized spacial score (nSPS) is 31.7. The highest BCUT2D eigenvalue weighted by atomic mass is 16.5. The molecular formula is C16H27N3O3. The van der Waals surface area contributed by atoms with Crippen molar-refractivity contribution in [3.05, 3.63) is 0 Å². The van der Waals surface area contributed by atoms with Crippen molar-refractivity contribution in [2.45, 2.75) is 37.6 Å². The molecule has 2 amide bonds. The van der Waals surface area contributed by atoms with Crippen LogP contribution in [-0.2, 0) is 14.3 Å². The Balaban J connectivity index is 1.73. The summed E-state index contributed by atoms with van der Waals surface area (Å²) < 4.78 is 5.26. The molecule has 3 aliphatic rings. The molecule has 0 aromatic heterocycles. The second-order valence-corrected chi connectivity index (χ2v) is 7.19. The summed E-state index contributed by atoms with van der Waals surface area (Å²) in [4.78, 5) is 28.9. The third kappa shape index (κ3) is 2.74. The van der Waals surface area contributed by atoms with Crippen LogP contribution in [0.1, 0.15) is 32.1 Å². The van der Waals surface area contributed by atoms with Gasteiger partial charge in [0.15, 0.2) is 0 Å². The molecule has 1 aliphatic carbocycles. The van der Waals surface area contributed by atoms with Gasteiger partial charge in [0.25, 0.3) is 0 Å². The Morgan fingerprint density at radius 2 is 2.05 bits per heavy atom. The van der Waals surface area contributed by atoms with Gasteiger partial charge in [-0.05, 0) is 32.7 Å². The van der Waals surface area contributed by atoms with E-state index in [1.807, 2.05) is 4.90 Å². The molecule has 124 valence electrons. The van der Waals surface area contributed by atoms with E-state index in [9.17, 15) is 9.59 Å². The van der Waals surface area contributed by atoms with Crippen LogP contribution in [0, 0.1) is 5.41 Å². The van der Waals surface area contributed by atoms with E-state index in [4.69, 9.17) is 4.74 Å². The smallest absolute Gasteiger partial charge is 0.231 e. The van der Waals surface area contributed by atoms with Gasteiger partial charge < -0.3 is 15.0 Å². The van der Waals surface area contributed by atoms with Crippen LogP contribution >= 0.6 is 0 Å². The van der Waals surface area contributed by atoms with Crippen LogP contribution in [0.15, 0.2) is 0 Å². The Bertz CT molecular complexity index is 464. The monoisotopic (exact) mass is 309 g/mol. The fourth-order valence-electron chi connectivity index (χ4n) is 3.95. The average molecular weight is 309 g/mol. The van der Waals surface area contributed by atoms with Crippen LogP contribution in [-0.4, -0.2) is 74.1 Å². The van der Waals surface area contributed by atoms with E-state index in [0.717, 1.165) is 45.3 Å². The largest absolute Gasteiger partial charge is 0.384 e. The average Bonchev–Trinajstić information content (AvgIpc) is 3.29. The van der Waals surface area contributed by atoms with Crippen LogP contribution < -0.4 is 5.32 Å². The van der Waals surface area contributed by atoms with Crippen LogP contribution in [0.4, 0.5) is 0 Å². The van der Waals surface area contributed by atoms with Crippen LogP contribution in [0.25, 0.3) is 0 Å². The maximum atomic E-state index is 12.9. The van der Waals surface area contributed by atoms with Crippen molar-refractivity contribution in [3.63, 3.8) is 0 Å². The number of amides is 2. The summed E-state index contributed by atoms with van der Waals surface area (Å²) in [7, 11) is 3.79. The van der Waals surface area contributed by atoms with Crippen molar-refractivity contribution in [1.82, 2.24) is 15.1 Å². The van der Waals surface area contributed by atoms with Crippen molar-refractivity contribution in [1.29, 1.82) is 0 Å². The summed E-state index contributed by atoms with van der Waals surface area (Å²) in [5.74, 6) is 0.386. The number of hydrogen-bond acceptors (Lipinski definition) is 4. The molecule has 2 heterocycles. The number of nitrogens with one attached hydrogen (secondary N) is 1. The molecule has 6 heteroatoms. The molecule has 0 unspecified atom stereocenters. The molecule has 2 aliphatic heterocycles. The first-order chi connectivity index (χ1) is 10.5. The van der Waals surface area contributed by atoms with E-state index < -0.39 is 0 Å². The molecule has 0 aromatic rings. The van der Waals surface area contributed by atoms with E-state index in [-0.39, 0.29) is 22.8 Å². The molecule has 1 N–H and O–H groups in total. The SMILES string of the molecule is COCC1(C(=O)N2CCN(C)[C@@]3(CCNC(=O)CC3)C2)CC1. The molecule has 0 aromatic carbocycles. The van der Waals surface area contributed by atoms with Crippen molar-refractivity contribution in [2.75, 3.05) is 46.9 Å². The summed E-state index contributed by atoms with van der Waals surface area (Å²) in [6, 6.07) is 0. The number of methoxy groups -OCH3 is 1. The molecule has 0 radical (unpaired) electrons. The topological polar surface area (TPSA) is 61.9 Å². The summed E-state index contributed by atoms with van der Waals surface area (Å²) in [5.41, 5.74) is -0.319. The van der Waals surface area contributed by atoms with E-state index in [1.54, 1.807) is 7.11 Å². The van der Waals surface area contributed by atoms with E-state index in [1.165, 1.54) is 0 Å². The lowest BCUT2D eigenvalue weighted by molar-refractivity contribution is -0.144. The van der Waals surface area contributed by atoms with Gasteiger partial charge in [-0.15, -0.1) is 0 Å². The molecule has 6 nitrogen and oxygen atoms in total. The third-order valence-corrected chi connectivity index (χ3v) is 5.75. The Morgan fingerprint density at radius 3 is 2.73 bits per heavy atom. The van der Waals surface area contributed by atoms with Gasteiger partial charge in [0, 0.05) is 45.2 Å². The van der Waals surface area contributed by atoms with Crippen LogP contribution in [0.5, 0.6) is 0 Å². The number of likely N-dealkylation sites (N-methyl/N-ethyl adjacent to an activating group) is 1. The van der Waals surface area contributed by atoms with Gasteiger partial charge in [-0.3, -0.25) is 14.5 Å². The highest BCUT2D eigenvalue weighted by molar-refractivity contribution is 5.85. The van der Waals surface area contributed by atoms with Gasteiger partial charge in [-0.1, -0.05) is 0 Å². The Labute approximate surface area is 132 Å². The third-order valence-electron chi connectivity index (χ3n) is 5.75. The second-order valence-electron chi connectivity index (χ2n) is 7.19. The lowest BCUT2D eigenvalue weighted by Crippen LogP contribution is -2.63. The van der Waals surface area contributed by atoms with Gasteiger partial charge in [0.1, 0.15) is 0 Å². The van der Waals surface area contributed by atoms with Crippen LogP contribution in [0.2, 0.25) is 0 Å². The van der Waals surface area contributed by atoms with Gasteiger partial charge in [-0.2, -0.15) is 0 Å². The highest BCUT2D eigenvalue weighted by Crippen LogP contribution is 2.48. The summed E-state index contributed by atoms with van der Waals surface area (Å²) in [6.07, 6.45) is 4.18. The Kier molecular flexibility index (Phi) is 4.16. The molecule has 1 atom stereocenters. The quantitative estimate of drug-likeness (QED) is 0.810. The summed E-state index contributed by atoms with van der Waals surface area (Å²) in [6.45, 7) is 3.63. The number of piperazine rings is 1. The Morgan fingerprint density at radius 1 is 1.27 bits per heavy atom. The van der Waals surface area contributed by atoms with E-state index >= 15 is 0 Å². The number of hydrogen-bond donors (Lipinski definition) is 1. The number of carbonyl (C=O) groups is 2. The van der Waals surface area contributed by atoms with Gasteiger partial charge in [0.2, 0.25) is 11.8 Å². The molecule has 22 heavy (non-hydrogen) atoms. The summed E-state index contributed by atoms with van der Waals surface area (Å²) in [5, 5.41) is 2.95. The van der Waals surface area contributed by atoms with Gasteiger partial charge in [0.05, 0.1) is 12.0 Å². The zero-order chi connectivity index (χ0) is 15.8. The minimum absolute atomic E-state index is 0.0593. The van der Waals surface area contributed by atoms with E-state index in [2.05, 4.69) is 17.3 Å². The van der Waals surface area contributed by atoms with Crippen LogP contribution in [0.3, 0.4) is 0 Å². The molecule has 3 fully saturated rings. The molecule has 2 saturated heterocycles. The van der Waals surface area contributed by atoms with Crippen molar-refractivity contribution in [2.24, 2.45) is 5.41 Å². The first-order valence-electron chi connectivity index (χ1n) is 8.28. The van der Waals surface area contributed by atoms with Crippen molar-refractivity contribution in [3.8, 4) is 0 Å². The number of rotatable bonds is 3. The fourth-order valence-corrected chi connectivity index (χ4v) is 3.95. The first kappa shape index (κ1) is 15.7. The Hall–Kier alpha value is -1.14. The lowest BCUT2D eigenvalue weighted by Gasteiger charge is -2.49. The van der Waals surface area contributed by atoms with Gasteiger partial charge >= 0.3 is 0 Å². The molecule has 3 rings (SSSR count). The zero-order valence-corrected chi connectivity index (χ0v) is 13.7. The molecule has 1 spiro atoms. The zero-order valence-electron chi connectivity index (χ0n) is 13.7. The number of ether oxygens (including phenoxy) is 1. The van der Waals surface area contributed by atoms with Gasteiger partial charge in [-0.25, -0.2) is 0 Å². The predicted molar refractivity (Wildman–Crippen MR) is 82.3 cm³/mol. The first-order valence-corrected chi connectivity index (χ1v) is 8.28. The fraction of sp³-hybridized carbons (Fsp3) is 0.875. The minimum atomic E-state index is -0.259. The number of nitrogens with zero attached hydrogens (tertiary/aromatic N) is 2. The lowest BCUT2D eigenvalue weighted by atomic mass is 9.85. The minimum Gasteiger partial charge on any atom is -0.384 e. The summed E-state index contributed by atoms with van der Waals surface area (Å²) >= 11 is 0. The molecular weight excluding hydrogens is 282 g/mol. The molecule has 0 bridgehead atoms. The maximum Gasteiger partial charge on any atom is 0.231 e. The maximum absolute atomic E-state index is 12.9. The number of carbonyl (C=O) groups excluding carboxylic acids is 2. The predicted octanol–water partition coefficient (Wildman–Crippen LogP) is 0.226. The standard InChI is InChI=1S/C16H27N3O3/c1-18-9-10-19(14(21)15(5-6-15)12-22-2)11-16(18)4-3-13(20)17-8-7-16/h3-12H2,1-2H3,(H,17,20)/t16-/m0/s1. The van der Waals surface area contributed by atoms with Crippen molar-refractivity contribution < 1.29 is 14.3 Å². The van der Waals surface area contributed by atoms with E-state index in [0.29, 0.717) is 19.6 Å². The second kappa shape index (κ2) is 5.81. The highest BCUT2D eigenvalue weighted by Gasteiger charge is 2.53. The molecule has 1 saturated carbocycles.